The van der Waals surface area contributed by atoms with Gasteiger partial charge in [-0.25, -0.2) is 4.39 Å². The maximum atomic E-state index is 13.6. The third kappa shape index (κ3) is 2.41. The Morgan fingerprint density at radius 1 is 1.29 bits per heavy atom. The number of H-pyrrole nitrogens is 1. The smallest absolute Gasteiger partial charge is 0.257 e. The summed E-state index contributed by atoms with van der Waals surface area (Å²) in [5, 5.41) is 1.87. The number of benzene rings is 1. The van der Waals surface area contributed by atoms with Gasteiger partial charge in [-0.1, -0.05) is 0 Å². The lowest BCUT2D eigenvalue weighted by molar-refractivity contribution is 0.406. The van der Waals surface area contributed by atoms with Gasteiger partial charge >= 0.3 is 0 Å². The highest BCUT2D eigenvalue weighted by Gasteiger charge is 2.15. The van der Waals surface area contributed by atoms with E-state index >= 15 is 0 Å². The molecule has 6 heteroatoms. The molecule has 0 atom stereocenters. The Morgan fingerprint density at radius 2 is 2.05 bits per heavy atom. The molecule has 1 N–H and O–H groups in total. The van der Waals surface area contributed by atoms with Crippen molar-refractivity contribution in [1.29, 1.82) is 0 Å². The van der Waals surface area contributed by atoms with Gasteiger partial charge in [-0.15, -0.1) is 11.3 Å². The molecule has 0 saturated heterocycles. The Hall–Kier alpha value is -1.92. The maximum absolute atomic E-state index is 13.6. The van der Waals surface area contributed by atoms with Crippen LogP contribution in [0.1, 0.15) is 4.88 Å². The van der Waals surface area contributed by atoms with Crippen LogP contribution >= 0.6 is 11.3 Å². The van der Waals surface area contributed by atoms with Gasteiger partial charge < -0.3 is 14.6 Å². The van der Waals surface area contributed by atoms with E-state index in [-0.39, 0.29) is 5.56 Å². The van der Waals surface area contributed by atoms with Crippen molar-refractivity contribution in [2.75, 3.05) is 21.2 Å². The van der Waals surface area contributed by atoms with Crippen molar-refractivity contribution in [1.82, 2.24) is 9.88 Å². The van der Waals surface area contributed by atoms with E-state index in [4.69, 9.17) is 4.74 Å². The number of aromatic amines is 1. The number of methoxy groups -OCH3 is 1. The maximum Gasteiger partial charge on any atom is 0.257 e. The lowest BCUT2D eigenvalue weighted by atomic mass is 10.1. The summed E-state index contributed by atoms with van der Waals surface area (Å²) >= 11 is 1.53. The molecule has 0 fully saturated rings. The number of hydrogen-bond acceptors (Lipinski definition) is 4. The number of hydrogen-bond donors (Lipinski definition) is 1. The number of thiophene rings is 1. The van der Waals surface area contributed by atoms with Crippen LogP contribution in [0.15, 0.2) is 23.0 Å². The third-order valence-corrected chi connectivity index (χ3v) is 4.32. The van der Waals surface area contributed by atoms with E-state index in [1.54, 1.807) is 0 Å². The number of pyridine rings is 1. The Kier molecular flexibility index (Phi) is 3.43. The lowest BCUT2D eigenvalue weighted by Crippen LogP contribution is -2.09. The van der Waals surface area contributed by atoms with Crippen molar-refractivity contribution in [2.24, 2.45) is 0 Å². The second-order valence-electron chi connectivity index (χ2n) is 5.18. The fourth-order valence-corrected chi connectivity index (χ4v) is 3.66. The minimum atomic E-state index is -0.479. The second kappa shape index (κ2) is 5.13. The topological polar surface area (TPSA) is 45.3 Å². The van der Waals surface area contributed by atoms with Crippen LogP contribution < -0.4 is 10.3 Å². The number of halogens is 1. The summed E-state index contributed by atoms with van der Waals surface area (Å²) in [6.45, 7) is 0.784. The van der Waals surface area contributed by atoms with Crippen molar-refractivity contribution in [3.8, 4) is 5.75 Å². The van der Waals surface area contributed by atoms with E-state index in [2.05, 4.69) is 9.88 Å². The van der Waals surface area contributed by atoms with Crippen LogP contribution in [0, 0.1) is 5.82 Å². The number of nitrogens with zero attached hydrogens (tertiary/aromatic N) is 1. The van der Waals surface area contributed by atoms with E-state index in [1.165, 1.54) is 30.6 Å². The molecule has 0 aliphatic rings. The molecular weight excluding hydrogens is 291 g/mol. The molecule has 0 aliphatic carbocycles. The van der Waals surface area contributed by atoms with E-state index in [0.717, 1.165) is 21.6 Å². The highest BCUT2D eigenvalue weighted by atomic mass is 32.1. The van der Waals surface area contributed by atoms with E-state index in [1.807, 2.05) is 20.2 Å². The molecule has 0 unspecified atom stereocenters. The molecule has 3 rings (SSSR count). The number of aromatic nitrogens is 1. The Balaban J connectivity index is 2.40. The van der Waals surface area contributed by atoms with E-state index in [0.29, 0.717) is 16.5 Å². The van der Waals surface area contributed by atoms with Crippen LogP contribution in [0.3, 0.4) is 0 Å². The van der Waals surface area contributed by atoms with Gasteiger partial charge in [-0.2, -0.15) is 0 Å². The fraction of sp³-hybridized carbons (Fsp3) is 0.267. The Bertz CT molecular complexity index is 883. The average Bonchev–Trinajstić information content (AvgIpc) is 2.79. The molecule has 0 saturated carbocycles. The summed E-state index contributed by atoms with van der Waals surface area (Å²) in [6, 6.07) is 4.59. The van der Waals surface area contributed by atoms with Crippen molar-refractivity contribution in [3.05, 3.63) is 39.2 Å². The zero-order valence-electron chi connectivity index (χ0n) is 12.0. The van der Waals surface area contributed by atoms with Gasteiger partial charge in [0.05, 0.1) is 12.5 Å². The van der Waals surface area contributed by atoms with Gasteiger partial charge in [-0.3, -0.25) is 4.79 Å². The van der Waals surface area contributed by atoms with Gasteiger partial charge in [0, 0.05) is 28.3 Å². The van der Waals surface area contributed by atoms with Crippen molar-refractivity contribution < 1.29 is 9.13 Å². The molecule has 21 heavy (non-hydrogen) atoms. The van der Waals surface area contributed by atoms with Gasteiger partial charge in [0.15, 0.2) is 0 Å². The zero-order chi connectivity index (χ0) is 15.1. The molecule has 0 bridgehead atoms. The van der Waals surface area contributed by atoms with Gasteiger partial charge in [0.2, 0.25) is 0 Å². The van der Waals surface area contributed by atoms with Crippen LogP contribution in [0.5, 0.6) is 5.75 Å². The predicted octanol–water partition coefficient (Wildman–Crippen LogP) is 2.95. The van der Waals surface area contributed by atoms with Crippen LogP contribution in [-0.4, -0.2) is 31.1 Å². The first-order chi connectivity index (χ1) is 9.99. The SMILES string of the molecule is COc1cc(F)cc2c(=O)[nH]c3sc(CN(C)C)cc3c12. The summed E-state index contributed by atoms with van der Waals surface area (Å²) in [5.74, 6) is -0.0942. The lowest BCUT2D eigenvalue weighted by Gasteiger charge is -2.06. The highest BCUT2D eigenvalue weighted by Crippen LogP contribution is 2.35. The van der Waals surface area contributed by atoms with Gasteiger partial charge in [0.25, 0.3) is 5.56 Å². The second-order valence-corrected chi connectivity index (χ2v) is 6.31. The molecule has 3 aromatic rings. The van der Waals surface area contributed by atoms with Crippen LogP contribution in [0.4, 0.5) is 4.39 Å². The van der Waals surface area contributed by atoms with Gasteiger partial charge in [0.1, 0.15) is 16.4 Å². The molecule has 0 aliphatic heterocycles. The van der Waals surface area contributed by atoms with Crippen molar-refractivity contribution in [2.45, 2.75) is 6.54 Å². The molecular formula is C15H15FN2O2S. The first-order valence-electron chi connectivity index (χ1n) is 6.46. The predicted molar refractivity (Wildman–Crippen MR) is 83.9 cm³/mol. The Morgan fingerprint density at radius 3 is 2.71 bits per heavy atom. The van der Waals surface area contributed by atoms with Crippen LogP contribution in [0.2, 0.25) is 0 Å². The number of ether oxygens (including phenoxy) is 1. The Labute approximate surface area is 124 Å². The quantitative estimate of drug-likeness (QED) is 0.809. The summed E-state index contributed by atoms with van der Waals surface area (Å²) in [6.07, 6.45) is 0. The van der Waals surface area contributed by atoms with Crippen molar-refractivity contribution in [3.63, 3.8) is 0 Å². The minimum absolute atomic E-state index is 0.298. The summed E-state index contributed by atoms with van der Waals surface area (Å²) in [5.41, 5.74) is -0.298. The minimum Gasteiger partial charge on any atom is -0.496 e. The zero-order valence-corrected chi connectivity index (χ0v) is 12.8. The molecule has 1 aromatic carbocycles. The summed E-state index contributed by atoms with van der Waals surface area (Å²) in [7, 11) is 5.46. The summed E-state index contributed by atoms with van der Waals surface area (Å²) < 4.78 is 18.9. The first kappa shape index (κ1) is 14.0. The monoisotopic (exact) mass is 306 g/mol. The molecule has 0 spiro atoms. The third-order valence-electron chi connectivity index (χ3n) is 3.28. The molecule has 2 heterocycles. The average molecular weight is 306 g/mol. The molecule has 0 radical (unpaired) electrons. The fourth-order valence-electron chi connectivity index (χ4n) is 2.48. The van der Waals surface area contributed by atoms with Crippen molar-refractivity contribution >= 4 is 32.3 Å². The van der Waals surface area contributed by atoms with Crippen LogP contribution in [0.25, 0.3) is 21.0 Å². The molecule has 110 valence electrons. The summed E-state index contributed by atoms with van der Waals surface area (Å²) in [4.78, 5) is 19.0. The standard InChI is InChI=1S/C15H15FN2O2S/c1-18(2)7-9-6-11-13-10(14(19)17-15(11)21-9)4-8(16)5-12(13)20-3/h4-6H,7H2,1-3H3,(H,17,19). The molecule has 4 nitrogen and oxygen atoms in total. The normalized spacial score (nSPS) is 11.7. The number of rotatable bonds is 3. The first-order valence-corrected chi connectivity index (χ1v) is 7.28. The van der Waals surface area contributed by atoms with E-state index < -0.39 is 5.82 Å². The largest absolute Gasteiger partial charge is 0.496 e. The van der Waals surface area contributed by atoms with Gasteiger partial charge in [-0.05, 0) is 26.2 Å². The number of fused-ring (bicyclic) bond motifs is 3. The van der Waals surface area contributed by atoms with E-state index in [9.17, 15) is 9.18 Å². The highest BCUT2D eigenvalue weighted by molar-refractivity contribution is 7.18. The number of nitrogens with one attached hydrogen (secondary N) is 1. The molecule has 0 amide bonds. The van der Waals surface area contributed by atoms with Crippen LogP contribution in [-0.2, 0) is 6.54 Å². The molecule has 2 aromatic heterocycles.